The van der Waals surface area contributed by atoms with Crippen molar-refractivity contribution in [3.05, 3.63) is 82.3 Å². The van der Waals surface area contributed by atoms with E-state index in [1.807, 2.05) is 0 Å². The minimum absolute atomic E-state index is 0.0408. The maximum Gasteiger partial charge on any atom is 0.172 e. The van der Waals surface area contributed by atoms with E-state index < -0.39 is 0 Å². The molecule has 0 aliphatic heterocycles. The molecule has 2 aromatic rings. The van der Waals surface area contributed by atoms with Crippen molar-refractivity contribution >= 4 is 10.9 Å². The molecule has 0 nitrogen and oxygen atoms in total. The summed E-state index contributed by atoms with van der Waals surface area (Å²) < 4.78 is 0. The molecule has 22 heavy (non-hydrogen) atoms. The van der Waals surface area contributed by atoms with E-state index in [9.17, 15) is 0 Å². The summed E-state index contributed by atoms with van der Waals surface area (Å²) in [5.41, 5.74) is 4.19. The van der Waals surface area contributed by atoms with Crippen LogP contribution in [0, 0.1) is 20.8 Å². The zero-order valence-corrected chi connectivity index (χ0v) is 14.4. The summed E-state index contributed by atoms with van der Waals surface area (Å²) in [4.78, 5) is 4.50. The van der Waals surface area contributed by atoms with Crippen molar-refractivity contribution in [1.82, 2.24) is 0 Å². The second kappa shape index (κ2) is 6.58. The molecule has 0 radical (unpaired) electrons. The summed E-state index contributed by atoms with van der Waals surface area (Å²) in [5.74, 6) is 0. The van der Waals surface area contributed by atoms with Crippen LogP contribution in [-0.4, -0.2) is 0 Å². The molecule has 2 aromatic carbocycles. The van der Waals surface area contributed by atoms with Crippen molar-refractivity contribution in [2.75, 3.05) is 0 Å². The first kappa shape index (κ1) is 15.2. The van der Waals surface area contributed by atoms with Gasteiger partial charge < -0.3 is 0 Å². The van der Waals surface area contributed by atoms with E-state index in [2.05, 4.69) is 81.5 Å². The highest BCUT2D eigenvalue weighted by atomic mass is 32.2. The fourth-order valence-electron chi connectivity index (χ4n) is 3.20. The third-order valence-electron chi connectivity index (χ3n) is 4.03. The molecule has 0 saturated carbocycles. The van der Waals surface area contributed by atoms with Crippen molar-refractivity contribution in [2.45, 2.75) is 43.4 Å². The smallest absolute Gasteiger partial charge is 0.0839 e. The molecule has 0 aromatic heterocycles. The topological polar surface area (TPSA) is 0 Å². The van der Waals surface area contributed by atoms with E-state index in [1.54, 1.807) is 4.91 Å². The maximum atomic E-state index is 2.33. The van der Waals surface area contributed by atoms with E-state index in [-0.39, 0.29) is 10.9 Å². The second-order valence-electron chi connectivity index (χ2n) is 5.95. The molecule has 3 rings (SSSR count). The van der Waals surface area contributed by atoms with Gasteiger partial charge in [0.25, 0.3) is 0 Å². The fourth-order valence-corrected chi connectivity index (χ4v) is 5.72. The van der Waals surface area contributed by atoms with Crippen molar-refractivity contribution in [2.24, 2.45) is 0 Å². The molecule has 1 aliphatic rings. The Morgan fingerprint density at radius 3 is 2.18 bits per heavy atom. The Labute approximate surface area is 136 Å². The Morgan fingerprint density at radius 1 is 0.909 bits per heavy atom. The number of rotatable bonds is 3. The molecule has 0 heterocycles. The Bertz CT molecular complexity index is 700. The lowest BCUT2D eigenvalue weighted by atomic mass is 10.1. The predicted octanol–water partition coefficient (Wildman–Crippen LogP) is 5.88. The minimum Gasteiger partial charge on any atom is -0.0839 e. The van der Waals surface area contributed by atoms with Crippen LogP contribution < -0.4 is 0 Å². The van der Waals surface area contributed by atoms with Crippen LogP contribution in [-0.2, 0) is 10.9 Å². The van der Waals surface area contributed by atoms with Gasteiger partial charge >= 0.3 is 0 Å². The molecule has 0 fully saturated rings. The van der Waals surface area contributed by atoms with Crippen molar-refractivity contribution in [3.8, 4) is 0 Å². The zero-order chi connectivity index (χ0) is 15.5. The molecule has 1 heteroatoms. The van der Waals surface area contributed by atoms with Gasteiger partial charge in [-0.15, -0.1) is 0 Å². The van der Waals surface area contributed by atoms with Gasteiger partial charge in [0.05, 0.1) is 10.9 Å². The molecule has 0 saturated heterocycles. The van der Waals surface area contributed by atoms with Gasteiger partial charge in [-0.2, -0.15) is 0 Å². The largest absolute Gasteiger partial charge is 0.172 e. The van der Waals surface area contributed by atoms with Gasteiger partial charge in [0.15, 0.2) is 9.79 Å². The SMILES string of the molecule is Cc1cc(C)c([S+](C2=CC=CCC2)c2ccccc2)c(C)c1. The van der Waals surface area contributed by atoms with Crippen LogP contribution in [0.3, 0.4) is 0 Å². The molecule has 1 unspecified atom stereocenters. The quantitative estimate of drug-likeness (QED) is 0.621. The second-order valence-corrected chi connectivity index (χ2v) is 7.96. The number of allylic oxidation sites excluding steroid dienone is 4. The van der Waals surface area contributed by atoms with Gasteiger partial charge in [-0.3, -0.25) is 0 Å². The van der Waals surface area contributed by atoms with Crippen LogP contribution in [0.2, 0.25) is 0 Å². The molecular formula is C21H23S+. The average Bonchev–Trinajstić information content (AvgIpc) is 2.52. The number of aryl methyl sites for hydroxylation is 3. The van der Waals surface area contributed by atoms with Crippen LogP contribution in [0.4, 0.5) is 0 Å². The van der Waals surface area contributed by atoms with Gasteiger partial charge in [-0.1, -0.05) is 48.0 Å². The normalized spacial score (nSPS) is 15.5. The summed E-state index contributed by atoms with van der Waals surface area (Å²) in [6.45, 7) is 6.71. The fraction of sp³-hybridized carbons (Fsp3) is 0.238. The first-order chi connectivity index (χ1) is 10.7. The molecule has 1 aliphatic carbocycles. The number of hydrogen-bond acceptors (Lipinski definition) is 0. The monoisotopic (exact) mass is 307 g/mol. The Kier molecular flexibility index (Phi) is 4.54. The van der Waals surface area contributed by atoms with Gasteiger partial charge in [0.1, 0.15) is 4.91 Å². The minimum atomic E-state index is 0.0408. The maximum absolute atomic E-state index is 2.33. The lowest BCUT2D eigenvalue weighted by Gasteiger charge is -2.16. The third-order valence-corrected chi connectivity index (χ3v) is 6.69. The van der Waals surface area contributed by atoms with Crippen molar-refractivity contribution < 1.29 is 0 Å². The Morgan fingerprint density at radius 2 is 1.59 bits per heavy atom. The average molecular weight is 307 g/mol. The highest BCUT2D eigenvalue weighted by Crippen LogP contribution is 2.37. The lowest BCUT2D eigenvalue weighted by molar-refractivity contribution is 1.01. The Hall–Kier alpha value is -1.73. The number of hydrogen-bond donors (Lipinski definition) is 0. The first-order valence-electron chi connectivity index (χ1n) is 7.89. The van der Waals surface area contributed by atoms with E-state index in [0.717, 1.165) is 6.42 Å². The van der Waals surface area contributed by atoms with E-state index in [4.69, 9.17) is 0 Å². The first-order valence-corrected chi connectivity index (χ1v) is 9.12. The summed E-state index contributed by atoms with van der Waals surface area (Å²) in [6, 6.07) is 15.6. The highest BCUT2D eigenvalue weighted by molar-refractivity contribution is 8.00. The predicted molar refractivity (Wildman–Crippen MR) is 97.4 cm³/mol. The molecule has 1 atom stereocenters. The Balaban J connectivity index is 2.18. The number of benzene rings is 2. The van der Waals surface area contributed by atoms with Crippen LogP contribution in [0.15, 0.2) is 75.4 Å². The van der Waals surface area contributed by atoms with E-state index >= 15 is 0 Å². The zero-order valence-electron chi connectivity index (χ0n) is 13.6. The van der Waals surface area contributed by atoms with Gasteiger partial charge in [0.2, 0.25) is 0 Å². The third kappa shape index (κ3) is 3.05. The van der Waals surface area contributed by atoms with Crippen LogP contribution >= 0.6 is 0 Å². The summed E-state index contributed by atoms with van der Waals surface area (Å²) in [6.07, 6.45) is 9.15. The molecule has 0 N–H and O–H groups in total. The van der Waals surface area contributed by atoms with Gasteiger partial charge in [-0.05, 0) is 45.4 Å². The lowest BCUT2D eigenvalue weighted by Crippen LogP contribution is -2.12. The van der Waals surface area contributed by atoms with Crippen LogP contribution in [0.25, 0.3) is 0 Å². The molecule has 0 amide bonds. The van der Waals surface area contributed by atoms with Crippen molar-refractivity contribution in [3.63, 3.8) is 0 Å². The molecule has 112 valence electrons. The highest BCUT2D eigenvalue weighted by Gasteiger charge is 2.33. The van der Waals surface area contributed by atoms with E-state index in [1.165, 1.54) is 32.9 Å². The molecular weight excluding hydrogens is 284 g/mol. The van der Waals surface area contributed by atoms with Crippen LogP contribution in [0.5, 0.6) is 0 Å². The summed E-state index contributed by atoms with van der Waals surface area (Å²) in [5, 5.41) is 0. The van der Waals surface area contributed by atoms with Gasteiger partial charge in [0, 0.05) is 17.5 Å². The van der Waals surface area contributed by atoms with Gasteiger partial charge in [-0.25, -0.2) is 0 Å². The summed E-state index contributed by atoms with van der Waals surface area (Å²) in [7, 11) is 0.0408. The molecule has 0 spiro atoms. The molecule has 0 bridgehead atoms. The standard InChI is InChI=1S/C21H23S/c1-16-14-17(2)21(18(3)15-16)22(19-10-6-4-7-11-19)20-12-8-5-9-13-20/h4-8,10-12,14-15H,9,13H2,1-3H3/q+1. The van der Waals surface area contributed by atoms with Crippen LogP contribution in [0.1, 0.15) is 29.5 Å². The van der Waals surface area contributed by atoms with Crippen molar-refractivity contribution in [1.29, 1.82) is 0 Å². The van der Waals surface area contributed by atoms with E-state index in [0.29, 0.717) is 0 Å². The summed E-state index contributed by atoms with van der Waals surface area (Å²) >= 11 is 0.